The van der Waals surface area contributed by atoms with E-state index in [0.29, 0.717) is 30.7 Å². The Balaban J connectivity index is 1.91. The van der Waals surface area contributed by atoms with Crippen LogP contribution in [0.4, 0.5) is 0 Å². The third kappa shape index (κ3) is 2.20. The van der Waals surface area contributed by atoms with E-state index in [0.717, 1.165) is 6.42 Å². The molecular formula is C22H26BN. The summed E-state index contributed by atoms with van der Waals surface area (Å²) in [6, 6.07) is 7.87. The Morgan fingerprint density at radius 2 is 1.92 bits per heavy atom. The molecule has 24 heavy (non-hydrogen) atoms. The molecule has 4 rings (SSSR count). The van der Waals surface area contributed by atoms with Crippen LogP contribution in [0.1, 0.15) is 55.8 Å². The minimum Gasteiger partial charge on any atom is -0.329 e. The molecule has 0 fully saturated rings. The summed E-state index contributed by atoms with van der Waals surface area (Å²) in [4.78, 5) is 2.71. The first-order valence-corrected chi connectivity index (χ1v) is 9.21. The second-order valence-electron chi connectivity index (χ2n) is 7.57. The van der Waals surface area contributed by atoms with Crippen LogP contribution in [0, 0.1) is 0 Å². The van der Waals surface area contributed by atoms with Crippen LogP contribution in [-0.4, -0.2) is 17.7 Å². The van der Waals surface area contributed by atoms with Crippen molar-refractivity contribution in [3.63, 3.8) is 0 Å². The van der Waals surface area contributed by atoms with Crippen molar-refractivity contribution in [1.82, 2.24) is 4.81 Å². The molecule has 0 amide bonds. The zero-order valence-electron chi connectivity index (χ0n) is 14.9. The van der Waals surface area contributed by atoms with Gasteiger partial charge in [-0.1, -0.05) is 74.0 Å². The van der Waals surface area contributed by atoms with E-state index >= 15 is 0 Å². The van der Waals surface area contributed by atoms with E-state index in [2.05, 4.69) is 86.8 Å². The molecule has 0 aromatic heterocycles. The lowest BCUT2D eigenvalue weighted by molar-refractivity contribution is 0.289. The van der Waals surface area contributed by atoms with E-state index in [4.69, 9.17) is 0 Å². The van der Waals surface area contributed by atoms with Crippen molar-refractivity contribution in [3.8, 4) is 0 Å². The molecule has 1 aliphatic heterocycles. The summed E-state index contributed by atoms with van der Waals surface area (Å²) in [6.45, 7) is 11.5. The number of benzene rings is 1. The van der Waals surface area contributed by atoms with Crippen molar-refractivity contribution in [2.45, 2.75) is 51.0 Å². The summed E-state index contributed by atoms with van der Waals surface area (Å²) in [5, 5.41) is 0. The van der Waals surface area contributed by atoms with Crippen LogP contribution in [-0.2, 0) is 0 Å². The van der Waals surface area contributed by atoms with Gasteiger partial charge in [-0.25, -0.2) is 0 Å². The van der Waals surface area contributed by atoms with Crippen molar-refractivity contribution in [2.75, 3.05) is 0 Å². The largest absolute Gasteiger partial charge is 0.329 e. The molecule has 2 heteroatoms. The second kappa shape index (κ2) is 5.93. The molecule has 1 heterocycles. The van der Waals surface area contributed by atoms with Crippen molar-refractivity contribution in [3.05, 3.63) is 77.9 Å². The predicted octanol–water partition coefficient (Wildman–Crippen LogP) is 5.56. The average Bonchev–Trinajstić information content (AvgIpc) is 3.20. The van der Waals surface area contributed by atoms with E-state index < -0.39 is 0 Å². The van der Waals surface area contributed by atoms with Gasteiger partial charge in [0.25, 0.3) is 6.85 Å². The highest BCUT2D eigenvalue weighted by atomic mass is 15.1. The molecule has 0 radical (unpaired) electrons. The summed E-state index contributed by atoms with van der Waals surface area (Å²) >= 11 is 0. The van der Waals surface area contributed by atoms with Crippen LogP contribution >= 0.6 is 0 Å². The van der Waals surface area contributed by atoms with Crippen molar-refractivity contribution < 1.29 is 0 Å². The summed E-state index contributed by atoms with van der Waals surface area (Å²) in [5.74, 6) is 0.966. The SMILES string of the molecule is C=CCC1C=C2B(C3C=CC=C3)N(C(C)C)C(C)c3cccc1c32. The lowest BCUT2D eigenvalue weighted by Gasteiger charge is -2.45. The zero-order chi connectivity index (χ0) is 16.8. The maximum absolute atomic E-state index is 3.98. The third-order valence-corrected chi connectivity index (χ3v) is 5.89. The van der Waals surface area contributed by atoms with Gasteiger partial charge in [-0.15, -0.1) is 6.58 Å². The summed E-state index contributed by atoms with van der Waals surface area (Å²) in [5.41, 5.74) is 6.09. The van der Waals surface area contributed by atoms with Gasteiger partial charge >= 0.3 is 0 Å². The van der Waals surface area contributed by atoms with Crippen LogP contribution in [0.2, 0.25) is 5.82 Å². The zero-order valence-corrected chi connectivity index (χ0v) is 14.9. The molecule has 0 N–H and O–H groups in total. The number of hydrogen-bond acceptors (Lipinski definition) is 1. The lowest BCUT2D eigenvalue weighted by Crippen LogP contribution is -2.50. The summed E-state index contributed by atoms with van der Waals surface area (Å²) in [6.07, 6.45) is 14.7. The normalized spacial score (nSPS) is 25.5. The molecule has 0 saturated carbocycles. The fraction of sp³-hybridized carbons (Fsp3) is 0.364. The van der Waals surface area contributed by atoms with Gasteiger partial charge in [-0.3, -0.25) is 0 Å². The van der Waals surface area contributed by atoms with E-state index in [1.54, 1.807) is 5.47 Å². The minimum atomic E-state index is 0.443. The van der Waals surface area contributed by atoms with Gasteiger partial charge in [0.15, 0.2) is 0 Å². The van der Waals surface area contributed by atoms with Crippen LogP contribution in [0.3, 0.4) is 0 Å². The smallest absolute Gasteiger partial charge is 0.269 e. The maximum atomic E-state index is 3.98. The van der Waals surface area contributed by atoms with Gasteiger partial charge in [0.05, 0.1) is 0 Å². The molecule has 0 saturated heterocycles. The maximum Gasteiger partial charge on any atom is 0.269 e. The molecular weight excluding hydrogens is 289 g/mol. The molecule has 0 spiro atoms. The fourth-order valence-electron chi connectivity index (χ4n) is 4.99. The van der Waals surface area contributed by atoms with Gasteiger partial charge in [0.1, 0.15) is 0 Å². The lowest BCUT2D eigenvalue weighted by atomic mass is 9.41. The number of hydrogen-bond donors (Lipinski definition) is 0. The Hall–Kier alpha value is -1.80. The summed E-state index contributed by atoms with van der Waals surface area (Å²) < 4.78 is 0. The number of allylic oxidation sites excluding steroid dienone is 6. The monoisotopic (exact) mass is 315 g/mol. The molecule has 122 valence electrons. The quantitative estimate of drug-likeness (QED) is 0.520. The molecule has 0 bridgehead atoms. The number of rotatable bonds is 4. The van der Waals surface area contributed by atoms with Crippen molar-refractivity contribution in [1.29, 1.82) is 0 Å². The number of nitrogens with zero attached hydrogens (tertiary/aromatic N) is 1. The van der Waals surface area contributed by atoms with Crippen LogP contribution in [0.5, 0.6) is 0 Å². The highest BCUT2D eigenvalue weighted by Gasteiger charge is 2.46. The predicted molar refractivity (Wildman–Crippen MR) is 105 cm³/mol. The molecule has 2 atom stereocenters. The Morgan fingerprint density at radius 3 is 2.58 bits per heavy atom. The first-order chi connectivity index (χ1) is 11.6. The van der Waals surface area contributed by atoms with Crippen LogP contribution in [0.15, 0.2) is 61.2 Å². The standard InChI is InChI=1S/C22H26BN/c1-5-9-17-14-21-22-19(12-8-13-20(17)22)16(4)24(15(2)3)23(21)18-10-6-7-11-18/h5-8,10-18H,1,9H2,2-4H3. The average molecular weight is 315 g/mol. The molecule has 2 unspecified atom stereocenters. The molecule has 2 aliphatic carbocycles. The molecule has 1 nitrogen and oxygen atoms in total. The van der Waals surface area contributed by atoms with E-state index in [1.165, 1.54) is 16.7 Å². The molecule has 1 aromatic carbocycles. The first-order valence-electron chi connectivity index (χ1n) is 9.21. The fourth-order valence-corrected chi connectivity index (χ4v) is 4.99. The van der Waals surface area contributed by atoms with E-state index in [9.17, 15) is 0 Å². The topological polar surface area (TPSA) is 3.24 Å². The Bertz CT molecular complexity index is 743. The molecule has 1 aromatic rings. The molecule has 3 aliphatic rings. The van der Waals surface area contributed by atoms with Gasteiger partial charge in [-0.2, -0.15) is 0 Å². The second-order valence-corrected chi connectivity index (χ2v) is 7.57. The third-order valence-electron chi connectivity index (χ3n) is 5.89. The first kappa shape index (κ1) is 15.7. The van der Waals surface area contributed by atoms with Crippen molar-refractivity contribution >= 4 is 12.3 Å². The van der Waals surface area contributed by atoms with Crippen molar-refractivity contribution in [2.24, 2.45) is 0 Å². The van der Waals surface area contributed by atoms with E-state index in [1.807, 2.05) is 0 Å². The van der Waals surface area contributed by atoms with Gasteiger partial charge in [0, 0.05) is 12.0 Å². The van der Waals surface area contributed by atoms with Gasteiger partial charge < -0.3 is 4.81 Å². The Kier molecular flexibility index (Phi) is 3.88. The van der Waals surface area contributed by atoms with Gasteiger partial charge in [0.2, 0.25) is 0 Å². The van der Waals surface area contributed by atoms with Crippen LogP contribution in [0.25, 0.3) is 5.47 Å². The Morgan fingerprint density at radius 1 is 1.21 bits per heavy atom. The highest BCUT2D eigenvalue weighted by molar-refractivity contribution is 6.79. The Labute approximate surface area is 146 Å². The van der Waals surface area contributed by atoms with Crippen LogP contribution < -0.4 is 0 Å². The summed E-state index contributed by atoms with van der Waals surface area (Å²) in [7, 11) is 0. The minimum absolute atomic E-state index is 0.443. The highest BCUT2D eigenvalue weighted by Crippen LogP contribution is 2.51. The van der Waals surface area contributed by atoms with Gasteiger partial charge in [-0.05, 0) is 41.9 Å². The van der Waals surface area contributed by atoms with E-state index in [-0.39, 0.29) is 0 Å².